The fraction of sp³-hybridized carbons (Fsp3) is 0.353. The third-order valence-electron chi connectivity index (χ3n) is 3.80. The van der Waals surface area contributed by atoms with E-state index < -0.39 is 0 Å². The summed E-state index contributed by atoms with van der Waals surface area (Å²) in [5, 5.41) is 0. The van der Waals surface area contributed by atoms with Crippen LogP contribution in [0.5, 0.6) is 0 Å². The summed E-state index contributed by atoms with van der Waals surface area (Å²) in [6.45, 7) is 4.20. The number of thiocarbonyl (C=S) groups is 1. The molecule has 1 saturated heterocycles. The van der Waals surface area contributed by atoms with Crippen LogP contribution in [-0.2, 0) is 0 Å². The predicted molar refractivity (Wildman–Crippen MR) is 86.0 cm³/mol. The molecule has 0 aliphatic carbocycles. The van der Waals surface area contributed by atoms with E-state index in [1.807, 2.05) is 12.1 Å². The highest BCUT2D eigenvalue weighted by atomic mass is 32.1. The average molecular weight is 285 g/mol. The molecule has 20 heavy (non-hydrogen) atoms. The molecular weight excluding hydrogens is 266 g/mol. The Morgan fingerprint density at radius 1 is 1.00 bits per heavy atom. The lowest BCUT2D eigenvalue weighted by molar-refractivity contribution is 0.342. The summed E-state index contributed by atoms with van der Waals surface area (Å²) in [7, 11) is 0. The SMILES string of the molecule is Cc1ccc(-c2ccc(C(=S)N3CCCCC3)o2)cc1. The molecule has 0 amide bonds. The van der Waals surface area contributed by atoms with Crippen molar-refractivity contribution < 1.29 is 4.42 Å². The van der Waals surface area contributed by atoms with E-state index in [0.717, 1.165) is 35.2 Å². The number of likely N-dealkylation sites (tertiary alicyclic amines) is 1. The fourth-order valence-electron chi connectivity index (χ4n) is 2.58. The van der Waals surface area contributed by atoms with Crippen molar-refractivity contribution in [3.8, 4) is 11.3 Å². The second-order valence-electron chi connectivity index (χ2n) is 5.38. The minimum atomic E-state index is 0.817. The lowest BCUT2D eigenvalue weighted by Crippen LogP contribution is -2.34. The van der Waals surface area contributed by atoms with Crippen LogP contribution in [0.4, 0.5) is 0 Å². The third kappa shape index (κ3) is 2.78. The highest BCUT2D eigenvalue weighted by Crippen LogP contribution is 2.24. The van der Waals surface area contributed by atoms with E-state index in [-0.39, 0.29) is 0 Å². The van der Waals surface area contributed by atoms with Gasteiger partial charge in [0.25, 0.3) is 0 Å². The zero-order valence-electron chi connectivity index (χ0n) is 11.8. The Bertz CT molecular complexity index is 594. The van der Waals surface area contributed by atoms with E-state index in [2.05, 4.69) is 36.1 Å². The van der Waals surface area contributed by atoms with Gasteiger partial charge < -0.3 is 9.32 Å². The lowest BCUT2D eigenvalue weighted by atomic mass is 10.1. The topological polar surface area (TPSA) is 16.4 Å². The summed E-state index contributed by atoms with van der Waals surface area (Å²) in [6.07, 6.45) is 3.77. The Morgan fingerprint density at radius 3 is 2.40 bits per heavy atom. The molecule has 1 fully saturated rings. The number of aryl methyl sites for hydroxylation is 1. The minimum absolute atomic E-state index is 0.817. The zero-order chi connectivity index (χ0) is 13.9. The molecule has 1 aromatic heterocycles. The largest absolute Gasteiger partial charge is 0.454 e. The number of benzene rings is 1. The van der Waals surface area contributed by atoms with Crippen LogP contribution < -0.4 is 0 Å². The van der Waals surface area contributed by atoms with E-state index >= 15 is 0 Å². The van der Waals surface area contributed by atoms with Crippen LogP contribution in [0.3, 0.4) is 0 Å². The molecular formula is C17H19NOS. The number of rotatable bonds is 2. The van der Waals surface area contributed by atoms with Gasteiger partial charge in [0.1, 0.15) is 10.7 Å². The van der Waals surface area contributed by atoms with Crippen LogP contribution in [0.15, 0.2) is 40.8 Å². The maximum absolute atomic E-state index is 5.94. The van der Waals surface area contributed by atoms with Gasteiger partial charge >= 0.3 is 0 Å². The first-order valence-electron chi connectivity index (χ1n) is 7.20. The second kappa shape index (κ2) is 5.80. The van der Waals surface area contributed by atoms with Crippen LogP contribution in [0.25, 0.3) is 11.3 Å². The smallest absolute Gasteiger partial charge is 0.162 e. The quantitative estimate of drug-likeness (QED) is 0.760. The van der Waals surface area contributed by atoms with Crippen molar-refractivity contribution in [2.24, 2.45) is 0 Å². The maximum Gasteiger partial charge on any atom is 0.162 e. The van der Waals surface area contributed by atoms with E-state index in [1.54, 1.807) is 0 Å². The first kappa shape index (κ1) is 13.4. The van der Waals surface area contributed by atoms with Crippen molar-refractivity contribution in [3.05, 3.63) is 47.7 Å². The molecule has 1 aliphatic heterocycles. The number of nitrogens with zero attached hydrogens (tertiary/aromatic N) is 1. The van der Waals surface area contributed by atoms with Crippen molar-refractivity contribution in [2.45, 2.75) is 26.2 Å². The van der Waals surface area contributed by atoms with Crippen molar-refractivity contribution in [3.63, 3.8) is 0 Å². The lowest BCUT2D eigenvalue weighted by Gasteiger charge is -2.27. The molecule has 2 aromatic rings. The molecule has 1 aliphatic rings. The van der Waals surface area contributed by atoms with Crippen LogP contribution in [-0.4, -0.2) is 23.0 Å². The normalized spacial score (nSPS) is 15.3. The van der Waals surface area contributed by atoms with Gasteiger partial charge in [0.2, 0.25) is 0 Å². The fourth-order valence-corrected chi connectivity index (χ4v) is 2.87. The van der Waals surface area contributed by atoms with Crippen LogP contribution in [0.1, 0.15) is 30.6 Å². The molecule has 2 nitrogen and oxygen atoms in total. The highest BCUT2D eigenvalue weighted by Gasteiger charge is 2.17. The Balaban J connectivity index is 1.79. The van der Waals surface area contributed by atoms with Crippen molar-refractivity contribution in [2.75, 3.05) is 13.1 Å². The van der Waals surface area contributed by atoms with Gasteiger partial charge in [-0.15, -0.1) is 0 Å². The zero-order valence-corrected chi connectivity index (χ0v) is 12.6. The standard InChI is InChI=1S/C17H19NOS/c1-13-5-7-14(8-6-13)15-9-10-16(19-15)17(20)18-11-3-2-4-12-18/h5-10H,2-4,11-12H2,1H3. The summed E-state index contributed by atoms with van der Waals surface area (Å²) in [4.78, 5) is 3.11. The molecule has 2 heterocycles. The van der Waals surface area contributed by atoms with Gasteiger partial charge in [0.05, 0.1) is 0 Å². The van der Waals surface area contributed by atoms with Gasteiger partial charge in [-0.3, -0.25) is 0 Å². The molecule has 3 heteroatoms. The summed E-state index contributed by atoms with van der Waals surface area (Å²) < 4.78 is 5.94. The minimum Gasteiger partial charge on any atom is -0.454 e. The summed E-state index contributed by atoms with van der Waals surface area (Å²) >= 11 is 5.56. The molecule has 0 saturated carbocycles. The van der Waals surface area contributed by atoms with Crippen molar-refractivity contribution in [1.29, 1.82) is 0 Å². The van der Waals surface area contributed by atoms with Gasteiger partial charge in [-0.25, -0.2) is 0 Å². The monoisotopic (exact) mass is 285 g/mol. The molecule has 0 bridgehead atoms. The first-order chi connectivity index (χ1) is 9.74. The van der Waals surface area contributed by atoms with Crippen molar-refractivity contribution >= 4 is 17.2 Å². The highest BCUT2D eigenvalue weighted by molar-refractivity contribution is 7.80. The predicted octanol–water partition coefficient (Wildman–Crippen LogP) is 4.42. The molecule has 104 valence electrons. The Hall–Kier alpha value is -1.61. The second-order valence-corrected chi connectivity index (χ2v) is 5.77. The molecule has 0 radical (unpaired) electrons. The van der Waals surface area contributed by atoms with E-state index in [0.29, 0.717) is 0 Å². The van der Waals surface area contributed by atoms with Gasteiger partial charge in [-0.05, 0) is 38.3 Å². The summed E-state index contributed by atoms with van der Waals surface area (Å²) in [6, 6.07) is 12.4. The molecule has 0 spiro atoms. The van der Waals surface area contributed by atoms with E-state index in [4.69, 9.17) is 16.6 Å². The maximum atomic E-state index is 5.94. The molecule has 0 atom stereocenters. The molecule has 0 N–H and O–H groups in total. The number of furan rings is 1. The molecule has 3 rings (SSSR count). The first-order valence-corrected chi connectivity index (χ1v) is 7.61. The third-order valence-corrected chi connectivity index (χ3v) is 4.26. The van der Waals surface area contributed by atoms with Crippen LogP contribution >= 0.6 is 12.2 Å². The van der Waals surface area contributed by atoms with Crippen molar-refractivity contribution in [1.82, 2.24) is 4.90 Å². The Labute approximate surface area is 125 Å². The van der Waals surface area contributed by atoms with Gasteiger partial charge in [-0.1, -0.05) is 42.0 Å². The summed E-state index contributed by atoms with van der Waals surface area (Å²) in [5.74, 6) is 1.71. The number of piperidine rings is 1. The Morgan fingerprint density at radius 2 is 1.70 bits per heavy atom. The average Bonchev–Trinajstić information content (AvgIpc) is 2.98. The molecule has 1 aromatic carbocycles. The van der Waals surface area contributed by atoms with Crippen LogP contribution in [0, 0.1) is 6.92 Å². The van der Waals surface area contributed by atoms with E-state index in [1.165, 1.54) is 24.8 Å². The van der Waals surface area contributed by atoms with E-state index in [9.17, 15) is 0 Å². The van der Waals surface area contributed by atoms with Gasteiger partial charge in [0, 0.05) is 18.7 Å². The van der Waals surface area contributed by atoms with Crippen LogP contribution in [0.2, 0.25) is 0 Å². The number of hydrogen-bond acceptors (Lipinski definition) is 2. The molecule has 0 unspecified atom stereocenters. The van der Waals surface area contributed by atoms with Gasteiger partial charge in [-0.2, -0.15) is 0 Å². The summed E-state index contributed by atoms with van der Waals surface area (Å²) in [5.41, 5.74) is 2.35. The number of hydrogen-bond donors (Lipinski definition) is 0. The Kier molecular flexibility index (Phi) is 3.88. The van der Waals surface area contributed by atoms with Gasteiger partial charge in [0.15, 0.2) is 5.76 Å².